The Morgan fingerprint density at radius 1 is 0.941 bits per heavy atom. The van der Waals surface area contributed by atoms with Crippen LogP contribution in [0.1, 0.15) is 35.6 Å². The molecule has 1 N–H and O–H groups in total. The first-order chi connectivity index (χ1) is 16.4. The van der Waals surface area contributed by atoms with Gasteiger partial charge in [-0.15, -0.1) is 0 Å². The molecule has 0 bridgehead atoms. The van der Waals surface area contributed by atoms with Crippen molar-refractivity contribution in [1.82, 2.24) is 10.2 Å². The van der Waals surface area contributed by atoms with E-state index in [0.29, 0.717) is 35.1 Å². The lowest BCUT2D eigenvalue weighted by atomic mass is 10.0. The number of carbonyl (C=O) groups excluding carboxylic acids is 2. The van der Waals surface area contributed by atoms with Crippen LogP contribution in [-0.4, -0.2) is 29.3 Å². The van der Waals surface area contributed by atoms with E-state index < -0.39 is 6.04 Å². The van der Waals surface area contributed by atoms with E-state index in [1.54, 1.807) is 23.1 Å². The van der Waals surface area contributed by atoms with Crippen molar-refractivity contribution < 1.29 is 9.59 Å². The number of rotatable bonds is 10. The van der Waals surface area contributed by atoms with Crippen molar-refractivity contribution in [2.45, 2.75) is 45.7 Å². The molecule has 6 heteroatoms. The minimum atomic E-state index is -0.660. The predicted octanol–water partition coefficient (Wildman–Crippen LogP) is 6.01. The van der Waals surface area contributed by atoms with Crippen molar-refractivity contribution >= 4 is 35.0 Å². The summed E-state index contributed by atoms with van der Waals surface area (Å²) in [5.41, 5.74) is 3.74. The maximum absolute atomic E-state index is 13.7. The quantitative estimate of drug-likeness (QED) is 0.373. The Labute approximate surface area is 211 Å². The fraction of sp³-hybridized carbons (Fsp3) is 0.286. The molecular weight excluding hydrogens is 467 g/mol. The summed E-state index contributed by atoms with van der Waals surface area (Å²) in [6.45, 7) is 4.90. The van der Waals surface area contributed by atoms with Crippen LogP contribution in [0.25, 0.3) is 0 Å². The van der Waals surface area contributed by atoms with Gasteiger partial charge >= 0.3 is 0 Å². The lowest BCUT2D eigenvalue weighted by molar-refractivity contribution is -0.140. The molecule has 4 nitrogen and oxygen atoms in total. The van der Waals surface area contributed by atoms with Crippen LogP contribution in [0.3, 0.4) is 0 Å². The Hall–Kier alpha value is -2.82. The molecule has 34 heavy (non-hydrogen) atoms. The number of benzene rings is 3. The second-order valence-corrected chi connectivity index (χ2v) is 9.20. The first kappa shape index (κ1) is 25.8. The number of nitrogens with one attached hydrogen (secondary N) is 1. The Kier molecular flexibility index (Phi) is 9.55. The highest BCUT2D eigenvalue weighted by molar-refractivity contribution is 6.35. The Morgan fingerprint density at radius 3 is 2.32 bits per heavy atom. The molecule has 0 heterocycles. The van der Waals surface area contributed by atoms with Crippen LogP contribution < -0.4 is 5.32 Å². The van der Waals surface area contributed by atoms with Crippen molar-refractivity contribution in [2.75, 3.05) is 6.54 Å². The highest BCUT2D eigenvalue weighted by atomic mass is 35.5. The lowest BCUT2D eigenvalue weighted by Gasteiger charge is -2.32. The molecule has 0 aliphatic heterocycles. The van der Waals surface area contributed by atoms with E-state index in [1.165, 1.54) is 0 Å². The van der Waals surface area contributed by atoms with Crippen LogP contribution in [0.4, 0.5) is 0 Å². The molecule has 3 rings (SSSR count). The van der Waals surface area contributed by atoms with E-state index in [9.17, 15) is 9.59 Å². The molecular formula is C28H30Cl2N2O2. The van der Waals surface area contributed by atoms with Gasteiger partial charge in [-0.05, 0) is 47.7 Å². The number of nitrogens with zero attached hydrogens (tertiary/aromatic N) is 1. The van der Waals surface area contributed by atoms with E-state index in [1.807, 2.05) is 68.4 Å². The molecule has 0 saturated carbocycles. The van der Waals surface area contributed by atoms with E-state index in [-0.39, 0.29) is 18.2 Å². The summed E-state index contributed by atoms with van der Waals surface area (Å²) >= 11 is 12.4. The molecule has 0 aromatic heterocycles. The number of halogens is 2. The van der Waals surface area contributed by atoms with E-state index in [4.69, 9.17) is 23.2 Å². The topological polar surface area (TPSA) is 49.4 Å². The number of amides is 2. The van der Waals surface area contributed by atoms with Gasteiger partial charge in [0.1, 0.15) is 6.04 Å². The summed E-state index contributed by atoms with van der Waals surface area (Å²) in [5, 5.41) is 3.94. The molecule has 3 aromatic rings. The lowest BCUT2D eigenvalue weighted by Crippen LogP contribution is -2.51. The molecule has 0 aliphatic rings. The van der Waals surface area contributed by atoms with Crippen molar-refractivity contribution in [2.24, 2.45) is 0 Å². The minimum absolute atomic E-state index is 0.0776. The average molecular weight is 497 g/mol. The molecule has 1 unspecified atom stereocenters. The number of aryl methyl sites for hydroxylation is 1. The zero-order chi connectivity index (χ0) is 24.5. The molecule has 2 amide bonds. The highest BCUT2D eigenvalue weighted by Crippen LogP contribution is 2.24. The number of carbonyl (C=O) groups is 2. The zero-order valence-electron chi connectivity index (χ0n) is 19.6. The summed E-state index contributed by atoms with van der Waals surface area (Å²) in [7, 11) is 0. The second kappa shape index (κ2) is 12.6. The third kappa shape index (κ3) is 7.09. The Morgan fingerprint density at radius 2 is 1.65 bits per heavy atom. The SMILES string of the molecule is CCCNC(=O)C(Cc1ccccc1)N(Cc1ccccc1C)C(=O)Cc1ccc(Cl)cc1Cl. The fourth-order valence-corrected chi connectivity index (χ4v) is 4.30. The normalized spacial score (nSPS) is 11.6. The maximum atomic E-state index is 13.7. The van der Waals surface area contributed by atoms with Gasteiger partial charge < -0.3 is 10.2 Å². The van der Waals surface area contributed by atoms with E-state index >= 15 is 0 Å². The molecule has 1 atom stereocenters. The van der Waals surface area contributed by atoms with Crippen LogP contribution >= 0.6 is 23.2 Å². The predicted molar refractivity (Wildman–Crippen MR) is 139 cm³/mol. The zero-order valence-corrected chi connectivity index (χ0v) is 21.1. The molecule has 0 fully saturated rings. The standard InChI is InChI=1S/C28H30Cl2N2O2/c1-3-15-31-28(34)26(16-21-10-5-4-6-11-21)32(19-23-12-8-7-9-20(23)2)27(33)17-22-13-14-24(29)18-25(22)30/h4-14,18,26H,3,15-17,19H2,1-2H3,(H,31,34). The Bertz CT molecular complexity index is 1120. The number of hydrogen-bond donors (Lipinski definition) is 1. The van der Waals surface area contributed by atoms with Crippen molar-refractivity contribution in [3.05, 3.63) is 105 Å². The molecule has 0 radical (unpaired) electrons. The van der Waals surface area contributed by atoms with Crippen LogP contribution in [-0.2, 0) is 29.0 Å². The van der Waals surface area contributed by atoms with E-state index in [2.05, 4.69) is 5.32 Å². The molecule has 0 aliphatic carbocycles. The Balaban J connectivity index is 1.98. The van der Waals surface area contributed by atoms with Crippen molar-refractivity contribution in [1.29, 1.82) is 0 Å². The molecule has 3 aromatic carbocycles. The van der Waals surface area contributed by atoms with Crippen molar-refractivity contribution in [3.63, 3.8) is 0 Å². The third-order valence-electron chi connectivity index (χ3n) is 5.78. The fourth-order valence-electron chi connectivity index (χ4n) is 3.82. The van der Waals surface area contributed by atoms with Gasteiger partial charge in [-0.1, -0.05) is 90.8 Å². The number of hydrogen-bond acceptors (Lipinski definition) is 2. The van der Waals surface area contributed by atoms with Gasteiger partial charge in [-0.25, -0.2) is 0 Å². The van der Waals surface area contributed by atoms with Gasteiger partial charge in [-0.3, -0.25) is 9.59 Å². The van der Waals surface area contributed by atoms with Crippen LogP contribution in [0.15, 0.2) is 72.8 Å². The summed E-state index contributed by atoms with van der Waals surface area (Å²) in [6.07, 6.45) is 1.31. The van der Waals surface area contributed by atoms with Gasteiger partial charge in [0.15, 0.2) is 0 Å². The highest BCUT2D eigenvalue weighted by Gasteiger charge is 2.30. The largest absolute Gasteiger partial charge is 0.354 e. The average Bonchev–Trinajstić information content (AvgIpc) is 2.83. The summed E-state index contributed by atoms with van der Waals surface area (Å²) in [4.78, 5) is 28.8. The maximum Gasteiger partial charge on any atom is 0.243 e. The molecule has 0 spiro atoms. The minimum Gasteiger partial charge on any atom is -0.354 e. The van der Waals surface area contributed by atoms with Gasteiger partial charge in [0.05, 0.1) is 6.42 Å². The van der Waals surface area contributed by atoms with Gasteiger partial charge in [0.2, 0.25) is 11.8 Å². The molecule has 178 valence electrons. The van der Waals surface area contributed by atoms with Gasteiger partial charge in [0, 0.05) is 29.6 Å². The summed E-state index contributed by atoms with van der Waals surface area (Å²) < 4.78 is 0. The van der Waals surface area contributed by atoms with Gasteiger partial charge in [0.25, 0.3) is 0 Å². The molecule has 0 saturated heterocycles. The third-order valence-corrected chi connectivity index (χ3v) is 6.37. The van der Waals surface area contributed by atoms with Crippen molar-refractivity contribution in [3.8, 4) is 0 Å². The summed E-state index contributed by atoms with van der Waals surface area (Å²) in [5.74, 6) is -0.324. The first-order valence-corrected chi connectivity index (χ1v) is 12.2. The second-order valence-electron chi connectivity index (χ2n) is 8.36. The monoisotopic (exact) mass is 496 g/mol. The van der Waals surface area contributed by atoms with E-state index in [0.717, 1.165) is 23.1 Å². The van der Waals surface area contributed by atoms with Crippen LogP contribution in [0, 0.1) is 6.92 Å². The first-order valence-electron chi connectivity index (χ1n) is 11.5. The van der Waals surface area contributed by atoms with Crippen LogP contribution in [0.5, 0.6) is 0 Å². The smallest absolute Gasteiger partial charge is 0.243 e. The van der Waals surface area contributed by atoms with Gasteiger partial charge in [-0.2, -0.15) is 0 Å². The summed E-state index contributed by atoms with van der Waals surface area (Å²) in [6, 6.07) is 22.2. The van der Waals surface area contributed by atoms with Crippen LogP contribution in [0.2, 0.25) is 10.0 Å².